The lowest BCUT2D eigenvalue weighted by atomic mass is 10.1. The predicted molar refractivity (Wildman–Crippen MR) is 92.9 cm³/mol. The van der Waals surface area contributed by atoms with Crippen molar-refractivity contribution in [1.82, 2.24) is 5.32 Å². The van der Waals surface area contributed by atoms with Gasteiger partial charge in [-0.2, -0.15) is 0 Å². The van der Waals surface area contributed by atoms with Gasteiger partial charge in [-0.05, 0) is 36.8 Å². The molecule has 1 amide bonds. The maximum absolute atomic E-state index is 12.1. The van der Waals surface area contributed by atoms with Gasteiger partial charge in [0.2, 0.25) is 0 Å². The number of para-hydroxylation sites is 2. The van der Waals surface area contributed by atoms with Crippen LogP contribution in [-0.2, 0) is 6.61 Å². The number of methoxy groups -OCH3 is 2. The molecule has 24 heavy (non-hydrogen) atoms. The van der Waals surface area contributed by atoms with Crippen LogP contribution in [0.25, 0.3) is 0 Å². The molecule has 0 aliphatic rings. The van der Waals surface area contributed by atoms with Gasteiger partial charge in [0.1, 0.15) is 12.4 Å². The minimum absolute atomic E-state index is 0.0990. The molecule has 0 fully saturated rings. The minimum atomic E-state index is -0.0990. The molecular formula is C19H23NO4. The molecule has 1 N–H and O–H groups in total. The zero-order valence-electron chi connectivity index (χ0n) is 14.3. The fraction of sp³-hybridized carbons (Fsp3) is 0.316. The van der Waals surface area contributed by atoms with E-state index in [0.29, 0.717) is 29.4 Å². The van der Waals surface area contributed by atoms with Gasteiger partial charge in [0.25, 0.3) is 5.91 Å². The standard InChI is InChI=1S/C19H23NO4/c1-4-11-20-19(21)14-9-10-16(22-2)15(12-14)13-24-18-8-6-5-7-17(18)23-3/h5-10,12H,4,11,13H2,1-3H3,(H,20,21). The van der Waals surface area contributed by atoms with Gasteiger partial charge < -0.3 is 19.5 Å². The summed E-state index contributed by atoms with van der Waals surface area (Å²) < 4.78 is 16.5. The first-order chi connectivity index (χ1) is 11.7. The van der Waals surface area contributed by atoms with Crippen molar-refractivity contribution in [2.45, 2.75) is 20.0 Å². The number of carbonyl (C=O) groups is 1. The molecule has 0 aliphatic carbocycles. The molecule has 5 heteroatoms. The number of carbonyl (C=O) groups excluding carboxylic acids is 1. The topological polar surface area (TPSA) is 56.8 Å². The Morgan fingerprint density at radius 1 is 1.00 bits per heavy atom. The zero-order valence-corrected chi connectivity index (χ0v) is 14.3. The maximum Gasteiger partial charge on any atom is 0.251 e. The van der Waals surface area contributed by atoms with Crippen LogP contribution in [0.1, 0.15) is 29.3 Å². The molecule has 0 saturated carbocycles. The van der Waals surface area contributed by atoms with Gasteiger partial charge in [0.05, 0.1) is 14.2 Å². The van der Waals surface area contributed by atoms with Crippen molar-refractivity contribution < 1.29 is 19.0 Å². The van der Waals surface area contributed by atoms with Crippen molar-refractivity contribution in [3.05, 3.63) is 53.6 Å². The summed E-state index contributed by atoms with van der Waals surface area (Å²) in [5, 5.41) is 2.86. The number of rotatable bonds is 8. The second-order valence-electron chi connectivity index (χ2n) is 5.22. The van der Waals surface area contributed by atoms with Crippen LogP contribution in [0.3, 0.4) is 0 Å². The molecule has 0 spiro atoms. The molecular weight excluding hydrogens is 306 g/mol. The summed E-state index contributed by atoms with van der Waals surface area (Å²) in [6.45, 7) is 2.94. The highest BCUT2D eigenvalue weighted by Gasteiger charge is 2.11. The second kappa shape index (κ2) is 8.82. The smallest absolute Gasteiger partial charge is 0.251 e. The van der Waals surface area contributed by atoms with E-state index in [2.05, 4.69) is 5.32 Å². The molecule has 0 aromatic heterocycles. The van der Waals surface area contributed by atoms with E-state index in [4.69, 9.17) is 14.2 Å². The van der Waals surface area contributed by atoms with Crippen LogP contribution in [0.2, 0.25) is 0 Å². The summed E-state index contributed by atoms with van der Waals surface area (Å²) in [4.78, 5) is 12.1. The molecule has 0 radical (unpaired) electrons. The van der Waals surface area contributed by atoms with Crippen LogP contribution < -0.4 is 19.5 Å². The summed E-state index contributed by atoms with van der Waals surface area (Å²) >= 11 is 0. The largest absolute Gasteiger partial charge is 0.496 e. The van der Waals surface area contributed by atoms with E-state index in [0.717, 1.165) is 12.0 Å². The number of hydrogen-bond donors (Lipinski definition) is 1. The van der Waals surface area contributed by atoms with Crippen LogP contribution in [0.4, 0.5) is 0 Å². The molecule has 2 aromatic carbocycles. The van der Waals surface area contributed by atoms with Crippen molar-refractivity contribution in [2.75, 3.05) is 20.8 Å². The van der Waals surface area contributed by atoms with Gasteiger partial charge in [-0.15, -0.1) is 0 Å². The summed E-state index contributed by atoms with van der Waals surface area (Å²) in [5.74, 6) is 1.88. The summed E-state index contributed by atoms with van der Waals surface area (Å²) in [7, 11) is 3.19. The Kier molecular flexibility index (Phi) is 6.49. The Balaban J connectivity index is 2.17. The molecule has 128 valence electrons. The van der Waals surface area contributed by atoms with E-state index in [1.165, 1.54) is 0 Å². The number of hydrogen-bond acceptors (Lipinski definition) is 4. The summed E-state index contributed by atoms with van der Waals surface area (Å²) in [6, 6.07) is 12.7. The van der Waals surface area contributed by atoms with Crippen LogP contribution in [0.15, 0.2) is 42.5 Å². The van der Waals surface area contributed by atoms with Gasteiger partial charge in [-0.3, -0.25) is 4.79 Å². The van der Waals surface area contributed by atoms with Crippen LogP contribution in [0.5, 0.6) is 17.2 Å². The third-order valence-electron chi connectivity index (χ3n) is 3.53. The number of ether oxygens (including phenoxy) is 3. The zero-order chi connectivity index (χ0) is 17.4. The first-order valence-electron chi connectivity index (χ1n) is 7.90. The van der Waals surface area contributed by atoms with Gasteiger partial charge in [0, 0.05) is 17.7 Å². The minimum Gasteiger partial charge on any atom is -0.496 e. The Hall–Kier alpha value is -2.69. The van der Waals surface area contributed by atoms with E-state index in [9.17, 15) is 4.79 Å². The normalized spacial score (nSPS) is 10.1. The number of amides is 1. The van der Waals surface area contributed by atoms with E-state index in [1.54, 1.807) is 32.4 Å². The molecule has 2 aromatic rings. The van der Waals surface area contributed by atoms with Gasteiger partial charge >= 0.3 is 0 Å². The third-order valence-corrected chi connectivity index (χ3v) is 3.53. The van der Waals surface area contributed by atoms with E-state index < -0.39 is 0 Å². The third kappa shape index (κ3) is 4.41. The van der Waals surface area contributed by atoms with Gasteiger partial charge in [-0.1, -0.05) is 19.1 Å². The molecule has 0 bridgehead atoms. The van der Waals surface area contributed by atoms with E-state index >= 15 is 0 Å². The molecule has 5 nitrogen and oxygen atoms in total. The molecule has 0 atom stereocenters. The lowest BCUT2D eigenvalue weighted by molar-refractivity contribution is 0.0953. The van der Waals surface area contributed by atoms with Crippen LogP contribution in [0, 0.1) is 0 Å². The Bertz CT molecular complexity index is 685. The highest BCUT2D eigenvalue weighted by atomic mass is 16.5. The monoisotopic (exact) mass is 329 g/mol. The first-order valence-corrected chi connectivity index (χ1v) is 7.90. The average Bonchev–Trinajstić information content (AvgIpc) is 2.64. The van der Waals surface area contributed by atoms with Crippen LogP contribution in [-0.4, -0.2) is 26.7 Å². The van der Waals surface area contributed by atoms with Gasteiger partial charge in [-0.25, -0.2) is 0 Å². The van der Waals surface area contributed by atoms with Crippen molar-refractivity contribution in [3.8, 4) is 17.2 Å². The SMILES string of the molecule is CCCNC(=O)c1ccc(OC)c(COc2ccccc2OC)c1. The average molecular weight is 329 g/mol. The maximum atomic E-state index is 12.1. The van der Waals surface area contributed by atoms with E-state index in [1.807, 2.05) is 31.2 Å². The fourth-order valence-electron chi connectivity index (χ4n) is 2.27. The van der Waals surface area contributed by atoms with Crippen molar-refractivity contribution in [1.29, 1.82) is 0 Å². The summed E-state index contributed by atoms with van der Waals surface area (Å²) in [6.07, 6.45) is 0.895. The molecule has 0 unspecified atom stereocenters. The van der Waals surface area contributed by atoms with Crippen molar-refractivity contribution >= 4 is 5.91 Å². The second-order valence-corrected chi connectivity index (χ2v) is 5.22. The van der Waals surface area contributed by atoms with E-state index in [-0.39, 0.29) is 12.5 Å². The van der Waals surface area contributed by atoms with Gasteiger partial charge in [0.15, 0.2) is 11.5 Å². The first kappa shape index (κ1) is 17.7. The Morgan fingerprint density at radius 2 is 1.71 bits per heavy atom. The predicted octanol–water partition coefficient (Wildman–Crippen LogP) is 3.42. The molecule has 0 heterocycles. The molecule has 0 saturated heterocycles. The molecule has 0 aliphatic heterocycles. The lowest BCUT2D eigenvalue weighted by Gasteiger charge is -2.14. The number of nitrogens with one attached hydrogen (secondary N) is 1. The molecule has 2 rings (SSSR count). The van der Waals surface area contributed by atoms with Crippen LogP contribution >= 0.6 is 0 Å². The lowest BCUT2D eigenvalue weighted by Crippen LogP contribution is -2.24. The highest BCUT2D eigenvalue weighted by molar-refractivity contribution is 5.94. The quantitative estimate of drug-likeness (QED) is 0.806. The Morgan fingerprint density at radius 3 is 2.38 bits per heavy atom. The Labute approximate surface area is 142 Å². The van der Waals surface area contributed by atoms with Crippen molar-refractivity contribution in [2.24, 2.45) is 0 Å². The highest BCUT2D eigenvalue weighted by Crippen LogP contribution is 2.28. The number of benzene rings is 2. The summed E-state index contributed by atoms with van der Waals surface area (Å²) in [5.41, 5.74) is 1.38. The van der Waals surface area contributed by atoms with Crippen molar-refractivity contribution in [3.63, 3.8) is 0 Å². The fourth-order valence-corrected chi connectivity index (χ4v) is 2.27.